The third-order valence-electron chi connectivity index (χ3n) is 3.97. The number of aryl methyl sites for hydroxylation is 1. The molecule has 1 aliphatic carbocycles. The molecule has 1 N–H and O–H groups in total. The molecule has 4 heteroatoms. The van der Waals surface area contributed by atoms with Crippen LogP contribution in [0.25, 0.3) is 0 Å². The van der Waals surface area contributed by atoms with Gasteiger partial charge in [0.15, 0.2) is 0 Å². The Morgan fingerprint density at radius 3 is 2.89 bits per heavy atom. The van der Waals surface area contributed by atoms with Gasteiger partial charge in [-0.05, 0) is 36.8 Å². The highest BCUT2D eigenvalue weighted by Crippen LogP contribution is 2.44. The van der Waals surface area contributed by atoms with Crippen LogP contribution < -0.4 is 0 Å². The molecule has 0 aromatic carbocycles. The SMILES string of the molecule is O=C(CCc1cccnc1)N1CC(O)(C2CC2)C1. The highest BCUT2D eigenvalue weighted by molar-refractivity contribution is 5.77. The first-order valence-electron chi connectivity index (χ1n) is 6.56. The van der Waals surface area contributed by atoms with Gasteiger partial charge in [0, 0.05) is 18.8 Å². The van der Waals surface area contributed by atoms with Crippen molar-refractivity contribution in [2.24, 2.45) is 5.92 Å². The number of carbonyl (C=O) groups excluding carboxylic acids is 1. The number of amides is 1. The zero-order chi connectivity index (χ0) is 12.6. The van der Waals surface area contributed by atoms with E-state index in [-0.39, 0.29) is 5.91 Å². The smallest absolute Gasteiger partial charge is 0.223 e. The lowest BCUT2D eigenvalue weighted by atomic mass is 9.88. The molecule has 1 amide bonds. The molecule has 4 nitrogen and oxygen atoms in total. The number of hydrogen-bond donors (Lipinski definition) is 1. The van der Waals surface area contributed by atoms with E-state index in [0.29, 0.717) is 25.4 Å². The van der Waals surface area contributed by atoms with Crippen LogP contribution in [-0.2, 0) is 11.2 Å². The maximum Gasteiger partial charge on any atom is 0.223 e. The fraction of sp³-hybridized carbons (Fsp3) is 0.571. The van der Waals surface area contributed by atoms with Crippen molar-refractivity contribution in [3.63, 3.8) is 0 Å². The molecule has 0 spiro atoms. The third kappa shape index (κ3) is 2.25. The molecule has 96 valence electrons. The van der Waals surface area contributed by atoms with Crippen molar-refractivity contribution in [2.75, 3.05) is 13.1 Å². The van der Waals surface area contributed by atoms with Crippen LogP contribution in [0.3, 0.4) is 0 Å². The summed E-state index contributed by atoms with van der Waals surface area (Å²) in [5.74, 6) is 0.587. The van der Waals surface area contributed by atoms with E-state index in [1.807, 2.05) is 12.1 Å². The number of β-amino-alcohol motifs (C(OH)–C–C–N with tert-alkyl or cyclic N) is 1. The summed E-state index contributed by atoms with van der Waals surface area (Å²) in [7, 11) is 0. The van der Waals surface area contributed by atoms with Crippen LogP contribution in [0.2, 0.25) is 0 Å². The van der Waals surface area contributed by atoms with Crippen molar-refractivity contribution in [1.82, 2.24) is 9.88 Å². The largest absolute Gasteiger partial charge is 0.386 e. The van der Waals surface area contributed by atoms with Crippen LogP contribution in [0.4, 0.5) is 0 Å². The lowest BCUT2D eigenvalue weighted by Gasteiger charge is -2.47. The standard InChI is InChI=1S/C14H18N2O2/c17-13(6-3-11-2-1-7-15-8-11)16-9-14(18,10-16)12-4-5-12/h1-2,7-8,12,18H,3-6,9-10H2. The molecule has 2 fully saturated rings. The topological polar surface area (TPSA) is 53.4 Å². The first-order valence-corrected chi connectivity index (χ1v) is 6.56. The average molecular weight is 246 g/mol. The van der Waals surface area contributed by atoms with Gasteiger partial charge in [0.1, 0.15) is 5.60 Å². The minimum atomic E-state index is -0.566. The molecule has 0 bridgehead atoms. The van der Waals surface area contributed by atoms with Crippen LogP contribution in [0.15, 0.2) is 24.5 Å². The summed E-state index contributed by atoms with van der Waals surface area (Å²) in [5, 5.41) is 10.2. The van der Waals surface area contributed by atoms with Crippen molar-refractivity contribution in [1.29, 1.82) is 0 Å². The normalized spacial score (nSPS) is 21.5. The summed E-state index contributed by atoms with van der Waals surface area (Å²) in [5.41, 5.74) is 0.521. The van der Waals surface area contributed by atoms with Gasteiger partial charge in [-0.1, -0.05) is 6.07 Å². The first kappa shape index (κ1) is 11.7. The second kappa shape index (κ2) is 4.35. The molecule has 0 radical (unpaired) electrons. The number of nitrogens with zero attached hydrogens (tertiary/aromatic N) is 2. The molecule has 0 unspecified atom stereocenters. The van der Waals surface area contributed by atoms with E-state index in [2.05, 4.69) is 4.98 Å². The summed E-state index contributed by atoms with van der Waals surface area (Å²) >= 11 is 0. The Bertz CT molecular complexity index is 436. The van der Waals surface area contributed by atoms with Crippen LogP contribution in [0.1, 0.15) is 24.8 Å². The number of hydrogen-bond acceptors (Lipinski definition) is 3. The molecule has 3 rings (SSSR count). The van der Waals surface area contributed by atoms with Crippen molar-refractivity contribution in [3.05, 3.63) is 30.1 Å². The Hall–Kier alpha value is -1.42. The Kier molecular flexibility index (Phi) is 2.82. The highest BCUT2D eigenvalue weighted by atomic mass is 16.3. The Morgan fingerprint density at radius 2 is 2.28 bits per heavy atom. The summed E-state index contributed by atoms with van der Waals surface area (Å²) in [6.45, 7) is 1.06. The second-order valence-electron chi connectivity index (χ2n) is 5.49. The molecule has 1 aromatic rings. The number of likely N-dealkylation sites (tertiary alicyclic amines) is 1. The molecule has 1 saturated carbocycles. The van der Waals surface area contributed by atoms with Gasteiger partial charge in [0.25, 0.3) is 0 Å². The third-order valence-corrected chi connectivity index (χ3v) is 3.97. The fourth-order valence-corrected chi connectivity index (χ4v) is 2.63. The van der Waals surface area contributed by atoms with Crippen molar-refractivity contribution in [3.8, 4) is 0 Å². The number of carbonyl (C=O) groups is 1. The van der Waals surface area contributed by atoms with Crippen LogP contribution >= 0.6 is 0 Å². The van der Waals surface area contributed by atoms with Crippen LogP contribution in [0, 0.1) is 5.92 Å². The molecule has 1 saturated heterocycles. The quantitative estimate of drug-likeness (QED) is 0.862. The number of rotatable bonds is 4. The van der Waals surface area contributed by atoms with E-state index in [1.165, 1.54) is 0 Å². The summed E-state index contributed by atoms with van der Waals surface area (Å²) in [4.78, 5) is 17.7. The maximum absolute atomic E-state index is 11.9. The van der Waals surface area contributed by atoms with E-state index in [1.54, 1.807) is 17.3 Å². The molecule has 2 heterocycles. The average Bonchev–Trinajstić information content (AvgIpc) is 3.18. The van der Waals surface area contributed by atoms with E-state index in [0.717, 1.165) is 24.8 Å². The lowest BCUT2D eigenvalue weighted by molar-refractivity contribution is -0.159. The van der Waals surface area contributed by atoms with Gasteiger partial charge in [-0.2, -0.15) is 0 Å². The minimum absolute atomic E-state index is 0.143. The Balaban J connectivity index is 1.46. The molecule has 0 atom stereocenters. The summed E-state index contributed by atoms with van der Waals surface area (Å²) < 4.78 is 0. The zero-order valence-electron chi connectivity index (χ0n) is 10.4. The number of aliphatic hydroxyl groups is 1. The van der Waals surface area contributed by atoms with Crippen molar-refractivity contribution < 1.29 is 9.90 Å². The summed E-state index contributed by atoms with van der Waals surface area (Å²) in [6.07, 6.45) is 7.00. The maximum atomic E-state index is 11.9. The van der Waals surface area contributed by atoms with Gasteiger partial charge in [-0.3, -0.25) is 9.78 Å². The van der Waals surface area contributed by atoms with Gasteiger partial charge in [-0.15, -0.1) is 0 Å². The zero-order valence-corrected chi connectivity index (χ0v) is 10.4. The van der Waals surface area contributed by atoms with Gasteiger partial charge >= 0.3 is 0 Å². The fourth-order valence-electron chi connectivity index (χ4n) is 2.63. The highest BCUT2D eigenvalue weighted by Gasteiger charge is 2.52. The van der Waals surface area contributed by atoms with Gasteiger partial charge in [-0.25, -0.2) is 0 Å². The molecular formula is C14H18N2O2. The Morgan fingerprint density at radius 1 is 1.50 bits per heavy atom. The first-order chi connectivity index (χ1) is 8.67. The van der Waals surface area contributed by atoms with E-state index >= 15 is 0 Å². The molecule has 2 aliphatic rings. The van der Waals surface area contributed by atoms with E-state index in [4.69, 9.17) is 0 Å². The van der Waals surface area contributed by atoms with Crippen LogP contribution in [0.5, 0.6) is 0 Å². The van der Waals surface area contributed by atoms with E-state index < -0.39 is 5.60 Å². The predicted octanol–water partition coefficient (Wildman–Crippen LogP) is 0.998. The van der Waals surface area contributed by atoms with Crippen molar-refractivity contribution >= 4 is 5.91 Å². The monoisotopic (exact) mass is 246 g/mol. The molecule has 1 aliphatic heterocycles. The lowest BCUT2D eigenvalue weighted by Crippen LogP contribution is -2.64. The summed E-state index contributed by atoms with van der Waals surface area (Å²) in [6, 6.07) is 3.87. The molecular weight excluding hydrogens is 228 g/mol. The number of pyridine rings is 1. The second-order valence-corrected chi connectivity index (χ2v) is 5.49. The number of aromatic nitrogens is 1. The van der Waals surface area contributed by atoms with Gasteiger partial charge in [0.2, 0.25) is 5.91 Å². The Labute approximate surface area is 107 Å². The molecule has 18 heavy (non-hydrogen) atoms. The van der Waals surface area contributed by atoms with Crippen LogP contribution in [-0.4, -0.2) is 39.6 Å². The predicted molar refractivity (Wildman–Crippen MR) is 66.8 cm³/mol. The van der Waals surface area contributed by atoms with Gasteiger partial charge < -0.3 is 10.0 Å². The van der Waals surface area contributed by atoms with Crippen molar-refractivity contribution in [2.45, 2.75) is 31.3 Å². The minimum Gasteiger partial charge on any atom is -0.386 e. The molecule has 1 aromatic heterocycles. The van der Waals surface area contributed by atoms with Gasteiger partial charge in [0.05, 0.1) is 13.1 Å². The van der Waals surface area contributed by atoms with E-state index in [9.17, 15) is 9.90 Å².